The van der Waals surface area contributed by atoms with Crippen LogP contribution in [-0.2, 0) is 42.4 Å². The van der Waals surface area contributed by atoms with Crippen molar-refractivity contribution in [2.24, 2.45) is 5.92 Å². The Balaban J connectivity index is 1.33. The SMILES string of the molecule is CC(C)OC(=O)OCSP(=C=O)(OCC1OC(n2cnc3c(N)ncnc32)CC1O)OC1C(CO)OC1C1CCC=CC(=O)NC1=O. The summed E-state index contributed by atoms with van der Waals surface area (Å²) < 4.78 is 35.7. The summed E-state index contributed by atoms with van der Waals surface area (Å²) in [5, 5.41) is 23.1. The fourth-order valence-corrected chi connectivity index (χ4v) is 8.41. The van der Waals surface area contributed by atoms with E-state index >= 15 is 0 Å². The van der Waals surface area contributed by atoms with Gasteiger partial charge in [0.1, 0.15) is 42.3 Å². The predicted molar refractivity (Wildman–Crippen MR) is 164 cm³/mol. The van der Waals surface area contributed by atoms with Crippen LogP contribution in [0.25, 0.3) is 11.2 Å². The lowest BCUT2D eigenvalue weighted by molar-refractivity contribution is -0.239. The number of carbonyl (C=O) groups is 3. The average molecular weight is 699 g/mol. The van der Waals surface area contributed by atoms with Crippen LogP contribution in [0.3, 0.4) is 0 Å². The summed E-state index contributed by atoms with van der Waals surface area (Å²) >= 11 is 0.692. The molecule has 2 saturated heterocycles. The van der Waals surface area contributed by atoms with Gasteiger partial charge in [0.15, 0.2) is 17.1 Å². The quantitative estimate of drug-likeness (QED) is 0.104. The Labute approximate surface area is 272 Å². The van der Waals surface area contributed by atoms with Gasteiger partial charge in [-0.1, -0.05) is 6.08 Å². The Bertz CT molecular complexity index is 1580. The van der Waals surface area contributed by atoms with Crippen LogP contribution in [0.2, 0.25) is 0 Å². The number of aromatic nitrogens is 4. The molecule has 5 N–H and O–H groups in total. The van der Waals surface area contributed by atoms with E-state index in [0.29, 0.717) is 29.0 Å². The van der Waals surface area contributed by atoms with Crippen LogP contribution in [0.4, 0.5) is 10.6 Å². The third-order valence-corrected chi connectivity index (χ3v) is 11.4. The first-order chi connectivity index (χ1) is 22.5. The molecule has 0 radical (unpaired) electrons. The normalized spacial score (nSPS) is 29.0. The Hall–Kier alpha value is -3.38. The first kappa shape index (κ1) is 34.9. The second-order valence-corrected chi connectivity index (χ2v) is 15.4. The molecule has 2 fully saturated rings. The molecular formula is C27H35N6O12PS. The number of nitrogens with two attached hydrogens (primary N) is 1. The number of hydrogen-bond acceptors (Lipinski definition) is 17. The van der Waals surface area contributed by atoms with Crippen molar-refractivity contribution < 1.29 is 57.4 Å². The lowest BCUT2D eigenvalue weighted by Crippen LogP contribution is -2.62. The van der Waals surface area contributed by atoms with Gasteiger partial charge in [-0.15, -0.1) is 0 Å². The molecule has 18 nitrogen and oxygen atoms in total. The van der Waals surface area contributed by atoms with E-state index in [9.17, 15) is 29.4 Å². The Kier molecular flexibility index (Phi) is 11.3. The number of rotatable bonds is 12. The Morgan fingerprint density at radius 2 is 2.09 bits per heavy atom. The summed E-state index contributed by atoms with van der Waals surface area (Å²) in [7, 11) is 0. The number of amides is 2. The zero-order chi connectivity index (χ0) is 33.7. The van der Waals surface area contributed by atoms with Crippen molar-refractivity contribution in [3.63, 3.8) is 0 Å². The summed E-state index contributed by atoms with van der Waals surface area (Å²) in [5.41, 5.74) is 8.45. The van der Waals surface area contributed by atoms with Gasteiger partial charge >= 0.3 is 6.16 Å². The average Bonchev–Trinajstić information content (AvgIpc) is 3.61. The van der Waals surface area contributed by atoms with Gasteiger partial charge in [-0.25, -0.2) is 24.5 Å². The van der Waals surface area contributed by atoms with E-state index < -0.39 is 85.8 Å². The van der Waals surface area contributed by atoms with E-state index in [0.717, 1.165) is 0 Å². The molecule has 0 spiro atoms. The molecule has 8 unspecified atom stereocenters. The van der Waals surface area contributed by atoms with Crippen molar-refractivity contribution >= 4 is 58.5 Å². The fraction of sp³-hybridized carbons (Fsp3) is 0.593. The number of ether oxygens (including phenoxy) is 4. The number of aliphatic hydroxyl groups excluding tert-OH is 2. The summed E-state index contributed by atoms with van der Waals surface area (Å²) in [5.74, 6) is -2.32. The topological polar surface area (TPSA) is 246 Å². The van der Waals surface area contributed by atoms with E-state index in [1.54, 1.807) is 24.5 Å². The molecule has 256 valence electrons. The molecule has 5 rings (SSSR count). The molecule has 2 amide bonds. The number of nitrogens with one attached hydrogen (secondary N) is 1. The highest BCUT2D eigenvalue weighted by Crippen LogP contribution is 2.63. The van der Waals surface area contributed by atoms with Crippen molar-refractivity contribution in [1.82, 2.24) is 24.8 Å². The van der Waals surface area contributed by atoms with Gasteiger partial charge in [0.2, 0.25) is 11.8 Å². The second kappa shape index (κ2) is 15.2. The molecule has 8 atom stereocenters. The molecule has 0 saturated carbocycles. The lowest BCUT2D eigenvalue weighted by Gasteiger charge is -2.47. The zero-order valence-corrected chi connectivity index (χ0v) is 27.1. The van der Waals surface area contributed by atoms with Gasteiger partial charge in [0, 0.05) is 6.42 Å². The molecule has 0 bridgehead atoms. The Morgan fingerprint density at radius 3 is 2.83 bits per heavy atom. The molecule has 2 aromatic rings. The zero-order valence-electron chi connectivity index (χ0n) is 25.4. The predicted octanol–water partition coefficient (Wildman–Crippen LogP) is 0.910. The molecule has 5 heterocycles. The van der Waals surface area contributed by atoms with Crippen molar-refractivity contribution in [2.75, 3.05) is 24.9 Å². The molecule has 3 aliphatic heterocycles. The maximum atomic E-state index is 12.9. The number of carbonyl (C=O) groups excluding carboxylic acids is 4. The first-order valence-electron chi connectivity index (χ1n) is 14.7. The van der Waals surface area contributed by atoms with E-state index in [1.807, 2.05) is 5.66 Å². The number of imidazole rings is 1. The molecule has 47 heavy (non-hydrogen) atoms. The van der Waals surface area contributed by atoms with Crippen LogP contribution in [-0.4, -0.2) is 109 Å². The number of fused-ring (bicyclic) bond motifs is 1. The van der Waals surface area contributed by atoms with Crippen molar-refractivity contribution in [1.29, 1.82) is 0 Å². The fourth-order valence-electron chi connectivity index (χ4n) is 5.23. The molecule has 2 aromatic heterocycles. The highest BCUT2D eigenvalue weighted by molar-refractivity contribution is 8.58. The van der Waals surface area contributed by atoms with Crippen LogP contribution < -0.4 is 11.1 Å². The van der Waals surface area contributed by atoms with Crippen LogP contribution in [0, 0.1) is 5.92 Å². The smallest absolute Gasteiger partial charge is 0.432 e. The maximum absolute atomic E-state index is 12.9. The highest BCUT2D eigenvalue weighted by Gasteiger charge is 2.52. The first-order valence-corrected chi connectivity index (χ1v) is 17.9. The van der Waals surface area contributed by atoms with Gasteiger partial charge in [-0.3, -0.25) is 19.5 Å². The number of anilines is 1. The third kappa shape index (κ3) is 8.02. The van der Waals surface area contributed by atoms with Crippen molar-refractivity contribution in [3.8, 4) is 0 Å². The number of nitrogen functional groups attached to an aromatic ring is 1. The minimum absolute atomic E-state index is 0.118. The van der Waals surface area contributed by atoms with Gasteiger partial charge < -0.3 is 43.9 Å². The largest absolute Gasteiger partial charge is 0.509 e. The monoisotopic (exact) mass is 698 g/mol. The van der Waals surface area contributed by atoms with Crippen molar-refractivity contribution in [3.05, 3.63) is 24.8 Å². The maximum Gasteiger partial charge on any atom is 0.509 e. The number of imide groups is 1. The number of nitrogens with zero attached hydrogens (tertiary/aromatic N) is 4. The molecule has 20 heteroatoms. The summed E-state index contributed by atoms with van der Waals surface area (Å²) in [6, 6.07) is 0. The van der Waals surface area contributed by atoms with Crippen LogP contribution >= 0.6 is 17.9 Å². The number of aliphatic hydroxyl groups is 2. The summed E-state index contributed by atoms with van der Waals surface area (Å²) in [6.07, 6.45) is -0.743. The highest BCUT2D eigenvalue weighted by atomic mass is 32.7. The molecular weight excluding hydrogens is 663 g/mol. The van der Waals surface area contributed by atoms with E-state index in [-0.39, 0.29) is 25.3 Å². The molecule has 0 aliphatic carbocycles. The van der Waals surface area contributed by atoms with E-state index in [4.69, 9.17) is 33.7 Å². The van der Waals surface area contributed by atoms with Gasteiger partial charge in [-0.2, -0.15) is 0 Å². The van der Waals surface area contributed by atoms with E-state index in [2.05, 4.69) is 20.3 Å². The van der Waals surface area contributed by atoms with Gasteiger partial charge in [0.05, 0.1) is 43.8 Å². The van der Waals surface area contributed by atoms with E-state index in [1.165, 1.54) is 18.7 Å². The Morgan fingerprint density at radius 1 is 1.28 bits per heavy atom. The third-order valence-electron chi connectivity index (χ3n) is 7.51. The summed E-state index contributed by atoms with van der Waals surface area (Å²) in [4.78, 5) is 61.9. The van der Waals surface area contributed by atoms with Crippen LogP contribution in [0.15, 0.2) is 24.8 Å². The second-order valence-electron chi connectivity index (χ2n) is 11.0. The molecule has 3 aliphatic rings. The molecule has 0 aromatic carbocycles. The number of allylic oxidation sites excluding steroid dienone is 1. The standard InChI is InChI=1S/C27H35N6O12PS/c1-14(2)42-27(39)40-13-47-46(12-35,45-23-17(8-34)44-22(23)15-5-3-4-6-19(37)32-26(15)38)41-9-18-16(36)7-20(43-18)33-11-31-21-24(28)29-10-30-25(21)33/h4,6,10-11,14-18,20,22-23,34,36H,3,5,7-9,13H2,1-2H3,(H2,28,29,30)(H,32,37,38). The van der Waals surface area contributed by atoms with Gasteiger partial charge in [0.25, 0.3) is 6.54 Å². The van der Waals surface area contributed by atoms with Crippen molar-refractivity contribution in [2.45, 2.75) is 76.0 Å². The summed E-state index contributed by atoms with van der Waals surface area (Å²) in [6.45, 7) is -1.48. The van der Waals surface area contributed by atoms with Crippen LogP contribution in [0.5, 0.6) is 0 Å². The number of hydrogen-bond donors (Lipinski definition) is 4. The lowest BCUT2D eigenvalue weighted by atomic mass is 9.85. The van der Waals surface area contributed by atoms with Gasteiger partial charge in [-0.05, 0) is 44.1 Å². The minimum atomic E-state index is -3.86. The minimum Gasteiger partial charge on any atom is -0.432 e. The van der Waals surface area contributed by atoms with Crippen LogP contribution in [0.1, 0.15) is 39.3 Å².